The van der Waals surface area contributed by atoms with Crippen molar-refractivity contribution >= 4 is 17.4 Å². The number of methoxy groups -OCH3 is 1. The molecule has 2 heterocycles. The predicted octanol–water partition coefficient (Wildman–Crippen LogP) is 3.90. The van der Waals surface area contributed by atoms with Crippen molar-refractivity contribution in [2.45, 2.75) is 26.3 Å². The lowest BCUT2D eigenvalue weighted by atomic mass is 10.1. The van der Waals surface area contributed by atoms with Gasteiger partial charge in [0.1, 0.15) is 11.6 Å². The molecule has 3 rings (SSSR count). The van der Waals surface area contributed by atoms with Gasteiger partial charge in [0.2, 0.25) is 5.91 Å². The molecular formula is C21H23N5O2. The summed E-state index contributed by atoms with van der Waals surface area (Å²) in [5, 5.41) is 6.12. The lowest BCUT2D eigenvalue weighted by molar-refractivity contribution is -0.116. The van der Waals surface area contributed by atoms with E-state index in [4.69, 9.17) is 4.74 Å². The van der Waals surface area contributed by atoms with E-state index in [2.05, 4.69) is 25.6 Å². The van der Waals surface area contributed by atoms with E-state index in [1.54, 1.807) is 31.9 Å². The average Bonchev–Trinajstić information content (AvgIpc) is 2.73. The Bertz CT molecular complexity index is 931. The molecule has 0 aliphatic rings. The van der Waals surface area contributed by atoms with Crippen molar-refractivity contribution in [2.24, 2.45) is 0 Å². The monoisotopic (exact) mass is 377 g/mol. The maximum absolute atomic E-state index is 11.9. The molecule has 3 aromatic rings. The summed E-state index contributed by atoms with van der Waals surface area (Å²) in [6.07, 6.45) is 8.18. The van der Waals surface area contributed by atoms with Crippen molar-refractivity contribution in [3.63, 3.8) is 0 Å². The molecule has 2 N–H and O–H groups in total. The molecule has 0 saturated carbocycles. The largest absolute Gasteiger partial charge is 0.495 e. The van der Waals surface area contributed by atoms with Gasteiger partial charge in [-0.05, 0) is 30.2 Å². The fourth-order valence-corrected chi connectivity index (χ4v) is 2.68. The van der Waals surface area contributed by atoms with Crippen molar-refractivity contribution in [3.8, 4) is 17.0 Å². The second kappa shape index (κ2) is 9.45. The maximum atomic E-state index is 11.9. The Hall–Kier alpha value is -3.48. The Morgan fingerprint density at radius 3 is 2.79 bits per heavy atom. The number of nitrogens with one attached hydrogen (secondary N) is 2. The van der Waals surface area contributed by atoms with Gasteiger partial charge in [-0.3, -0.25) is 14.8 Å². The number of hydrogen-bond acceptors (Lipinski definition) is 6. The van der Waals surface area contributed by atoms with Crippen LogP contribution in [-0.2, 0) is 11.3 Å². The highest BCUT2D eigenvalue weighted by Crippen LogP contribution is 2.30. The van der Waals surface area contributed by atoms with Crippen molar-refractivity contribution in [3.05, 3.63) is 60.7 Å². The Morgan fingerprint density at radius 1 is 1.14 bits per heavy atom. The second-order valence-corrected chi connectivity index (χ2v) is 6.22. The molecule has 1 amide bonds. The summed E-state index contributed by atoms with van der Waals surface area (Å²) in [5.74, 6) is 1.22. The number of pyridine rings is 1. The van der Waals surface area contributed by atoms with E-state index in [1.165, 1.54) is 0 Å². The van der Waals surface area contributed by atoms with Crippen molar-refractivity contribution < 1.29 is 9.53 Å². The van der Waals surface area contributed by atoms with Crippen LogP contribution in [0, 0.1) is 0 Å². The zero-order valence-corrected chi connectivity index (χ0v) is 16.0. The van der Waals surface area contributed by atoms with Crippen LogP contribution in [0.3, 0.4) is 0 Å². The number of amides is 1. The molecule has 0 aliphatic carbocycles. The minimum Gasteiger partial charge on any atom is -0.495 e. The fraction of sp³-hybridized carbons (Fsp3) is 0.238. The third-order valence-corrected chi connectivity index (χ3v) is 4.08. The summed E-state index contributed by atoms with van der Waals surface area (Å²) in [5.41, 5.74) is 3.26. The van der Waals surface area contributed by atoms with Crippen molar-refractivity contribution in [2.75, 3.05) is 17.7 Å². The number of benzene rings is 1. The number of carbonyl (C=O) groups is 1. The molecule has 1 aromatic carbocycles. The van der Waals surface area contributed by atoms with Crippen LogP contribution in [0.25, 0.3) is 11.3 Å². The number of aromatic nitrogens is 3. The third-order valence-electron chi connectivity index (χ3n) is 4.08. The molecule has 0 saturated heterocycles. The molecule has 0 bridgehead atoms. The van der Waals surface area contributed by atoms with Crippen LogP contribution in [0.15, 0.2) is 55.1 Å². The quantitative estimate of drug-likeness (QED) is 0.619. The topological polar surface area (TPSA) is 89.0 Å². The Labute approximate surface area is 164 Å². The van der Waals surface area contributed by atoms with Gasteiger partial charge in [0.05, 0.1) is 30.9 Å². The summed E-state index contributed by atoms with van der Waals surface area (Å²) in [6.45, 7) is 2.58. The van der Waals surface area contributed by atoms with Gasteiger partial charge in [0.15, 0.2) is 0 Å². The van der Waals surface area contributed by atoms with Gasteiger partial charge in [-0.25, -0.2) is 4.98 Å². The SMILES string of the molecule is CCCC(=O)Nc1ccc(-c2cncc(NCc3cccnc3)n2)cc1OC. The number of hydrogen-bond donors (Lipinski definition) is 2. The highest BCUT2D eigenvalue weighted by Gasteiger charge is 2.10. The third kappa shape index (κ3) is 5.03. The van der Waals surface area contributed by atoms with Gasteiger partial charge >= 0.3 is 0 Å². The standard InChI is InChI=1S/C21H23N5O2/c1-3-5-21(27)26-17-8-7-16(10-19(17)28-2)18-13-23-14-20(25-18)24-12-15-6-4-9-22-11-15/h4,6-11,13-14H,3,5,12H2,1-2H3,(H,24,25)(H,26,27). The normalized spacial score (nSPS) is 10.4. The highest BCUT2D eigenvalue weighted by molar-refractivity contribution is 5.92. The summed E-state index contributed by atoms with van der Waals surface area (Å²) in [4.78, 5) is 24.9. The first-order valence-electron chi connectivity index (χ1n) is 9.12. The van der Waals surface area contributed by atoms with Crippen LogP contribution in [0.5, 0.6) is 5.75 Å². The molecule has 0 aliphatic heterocycles. The summed E-state index contributed by atoms with van der Waals surface area (Å²) in [6, 6.07) is 9.44. The van der Waals surface area contributed by atoms with E-state index >= 15 is 0 Å². The molecule has 0 spiro atoms. The first-order chi connectivity index (χ1) is 13.7. The zero-order valence-electron chi connectivity index (χ0n) is 16.0. The first-order valence-corrected chi connectivity index (χ1v) is 9.12. The van der Waals surface area contributed by atoms with Gasteiger partial charge in [0, 0.05) is 30.9 Å². The maximum Gasteiger partial charge on any atom is 0.224 e. The van der Waals surface area contributed by atoms with E-state index in [0.717, 1.165) is 17.5 Å². The van der Waals surface area contributed by atoms with Crippen LogP contribution < -0.4 is 15.4 Å². The van der Waals surface area contributed by atoms with E-state index < -0.39 is 0 Å². The fourth-order valence-electron chi connectivity index (χ4n) is 2.68. The first kappa shape index (κ1) is 19.3. The van der Waals surface area contributed by atoms with E-state index in [9.17, 15) is 4.79 Å². The van der Waals surface area contributed by atoms with Crippen LogP contribution >= 0.6 is 0 Å². The molecule has 0 unspecified atom stereocenters. The predicted molar refractivity (Wildman–Crippen MR) is 109 cm³/mol. The van der Waals surface area contributed by atoms with E-state index in [1.807, 2.05) is 37.3 Å². The molecule has 0 fully saturated rings. The zero-order chi connectivity index (χ0) is 19.8. The molecule has 0 radical (unpaired) electrons. The van der Waals surface area contributed by atoms with Gasteiger partial charge in [-0.15, -0.1) is 0 Å². The van der Waals surface area contributed by atoms with Gasteiger partial charge in [-0.1, -0.05) is 19.1 Å². The molecule has 144 valence electrons. The molecule has 2 aromatic heterocycles. The number of nitrogens with zero attached hydrogens (tertiary/aromatic N) is 3. The van der Waals surface area contributed by atoms with Gasteiger partial charge in [-0.2, -0.15) is 0 Å². The van der Waals surface area contributed by atoms with Crippen LogP contribution in [-0.4, -0.2) is 28.0 Å². The van der Waals surface area contributed by atoms with Crippen LogP contribution in [0.2, 0.25) is 0 Å². The minimum absolute atomic E-state index is 0.0325. The second-order valence-electron chi connectivity index (χ2n) is 6.22. The number of carbonyl (C=O) groups excluding carboxylic acids is 1. The van der Waals surface area contributed by atoms with E-state index in [-0.39, 0.29) is 5.91 Å². The summed E-state index contributed by atoms with van der Waals surface area (Å²) >= 11 is 0. The lowest BCUT2D eigenvalue weighted by Crippen LogP contribution is -2.11. The number of rotatable bonds is 8. The number of ether oxygens (including phenoxy) is 1. The van der Waals surface area contributed by atoms with Gasteiger partial charge < -0.3 is 15.4 Å². The molecule has 28 heavy (non-hydrogen) atoms. The minimum atomic E-state index is -0.0325. The van der Waals surface area contributed by atoms with Crippen molar-refractivity contribution in [1.82, 2.24) is 15.0 Å². The Balaban J connectivity index is 1.76. The van der Waals surface area contributed by atoms with Gasteiger partial charge in [0.25, 0.3) is 0 Å². The summed E-state index contributed by atoms with van der Waals surface area (Å²) < 4.78 is 5.44. The molecule has 7 heteroatoms. The Morgan fingerprint density at radius 2 is 2.04 bits per heavy atom. The van der Waals surface area contributed by atoms with E-state index in [0.29, 0.717) is 35.9 Å². The highest BCUT2D eigenvalue weighted by atomic mass is 16.5. The van der Waals surface area contributed by atoms with Crippen LogP contribution in [0.4, 0.5) is 11.5 Å². The number of anilines is 2. The average molecular weight is 377 g/mol. The molecule has 0 atom stereocenters. The molecular weight excluding hydrogens is 354 g/mol. The van der Waals surface area contributed by atoms with Crippen LogP contribution in [0.1, 0.15) is 25.3 Å². The molecule has 7 nitrogen and oxygen atoms in total. The summed E-state index contributed by atoms with van der Waals surface area (Å²) in [7, 11) is 1.58. The Kier molecular flexibility index (Phi) is 6.51. The smallest absolute Gasteiger partial charge is 0.224 e. The lowest BCUT2D eigenvalue weighted by Gasteiger charge is -2.12. The van der Waals surface area contributed by atoms with Crippen molar-refractivity contribution in [1.29, 1.82) is 0 Å².